The zero-order chi connectivity index (χ0) is 23.2. The number of carbonyl (C=O) groups is 3. The molecule has 1 spiro atoms. The van der Waals surface area contributed by atoms with Crippen molar-refractivity contribution in [2.45, 2.75) is 31.3 Å². The number of nitro groups is 1. The number of aryl methyl sites for hydroxylation is 1. The zero-order valence-corrected chi connectivity index (χ0v) is 18.3. The van der Waals surface area contributed by atoms with Gasteiger partial charge in [-0.25, -0.2) is 4.90 Å². The third-order valence-corrected chi connectivity index (χ3v) is 7.94. The lowest BCUT2D eigenvalue weighted by atomic mass is 9.75. The summed E-state index contributed by atoms with van der Waals surface area (Å²) in [5.41, 5.74) is 0.736. The number of benzene rings is 2. The van der Waals surface area contributed by atoms with Gasteiger partial charge in [0.05, 0.1) is 22.4 Å². The van der Waals surface area contributed by atoms with E-state index in [1.165, 1.54) is 12.1 Å². The number of fused-ring (bicyclic) bond motifs is 7. The summed E-state index contributed by atoms with van der Waals surface area (Å²) in [7, 11) is 0. The van der Waals surface area contributed by atoms with Crippen LogP contribution in [-0.4, -0.2) is 40.1 Å². The number of imide groups is 1. The molecule has 3 fully saturated rings. The van der Waals surface area contributed by atoms with Crippen LogP contribution < -0.4 is 10.2 Å². The Kier molecular flexibility index (Phi) is 4.07. The van der Waals surface area contributed by atoms with Crippen LogP contribution in [0.5, 0.6) is 0 Å². The molecule has 4 heterocycles. The monoisotopic (exact) mass is 466 g/mol. The molecule has 9 nitrogen and oxygen atoms in total. The van der Waals surface area contributed by atoms with Crippen molar-refractivity contribution in [1.29, 1.82) is 0 Å². The molecule has 10 heteroatoms. The topological polar surface area (TPSA) is 113 Å². The van der Waals surface area contributed by atoms with Crippen LogP contribution in [0.15, 0.2) is 36.4 Å². The van der Waals surface area contributed by atoms with Gasteiger partial charge in [0.1, 0.15) is 10.6 Å². The number of nitrogens with zero attached hydrogens (tertiary/aromatic N) is 3. The van der Waals surface area contributed by atoms with E-state index < -0.39 is 34.1 Å². The van der Waals surface area contributed by atoms with Gasteiger partial charge >= 0.3 is 0 Å². The second-order valence-corrected chi connectivity index (χ2v) is 9.44. The minimum atomic E-state index is -1.27. The highest BCUT2D eigenvalue weighted by Gasteiger charge is 2.74. The molecule has 168 valence electrons. The molecule has 0 saturated carbocycles. The van der Waals surface area contributed by atoms with E-state index in [1.54, 1.807) is 0 Å². The van der Waals surface area contributed by atoms with E-state index in [0.29, 0.717) is 18.7 Å². The van der Waals surface area contributed by atoms with Crippen LogP contribution in [0.4, 0.5) is 17.1 Å². The summed E-state index contributed by atoms with van der Waals surface area (Å²) < 4.78 is 0. The van der Waals surface area contributed by atoms with Crippen molar-refractivity contribution in [3.63, 3.8) is 0 Å². The summed E-state index contributed by atoms with van der Waals surface area (Å²) in [6, 6.07) is 9.23. The van der Waals surface area contributed by atoms with Gasteiger partial charge in [-0.3, -0.25) is 29.4 Å². The Hall–Kier alpha value is -3.30. The van der Waals surface area contributed by atoms with Crippen LogP contribution in [0.1, 0.15) is 24.0 Å². The predicted molar refractivity (Wildman–Crippen MR) is 119 cm³/mol. The van der Waals surface area contributed by atoms with E-state index in [0.717, 1.165) is 28.5 Å². The number of hydrogen-bond donors (Lipinski definition) is 1. The lowest BCUT2D eigenvalue weighted by Crippen LogP contribution is -2.54. The Morgan fingerprint density at radius 3 is 2.73 bits per heavy atom. The molecule has 1 N–H and O–H groups in total. The average molecular weight is 467 g/mol. The van der Waals surface area contributed by atoms with Crippen LogP contribution in [0.2, 0.25) is 5.02 Å². The number of amides is 3. The number of carbonyl (C=O) groups excluding carboxylic acids is 3. The average Bonchev–Trinajstić information content (AvgIpc) is 3.48. The fourth-order valence-corrected chi connectivity index (χ4v) is 6.60. The van der Waals surface area contributed by atoms with Gasteiger partial charge < -0.3 is 5.32 Å². The van der Waals surface area contributed by atoms with Gasteiger partial charge in [0.2, 0.25) is 17.7 Å². The van der Waals surface area contributed by atoms with Crippen LogP contribution in [-0.2, 0) is 19.9 Å². The second-order valence-electron chi connectivity index (χ2n) is 9.03. The van der Waals surface area contributed by atoms with Gasteiger partial charge in [0.15, 0.2) is 0 Å². The van der Waals surface area contributed by atoms with Crippen LogP contribution in [0.25, 0.3) is 0 Å². The molecule has 2 aromatic carbocycles. The van der Waals surface area contributed by atoms with E-state index in [9.17, 15) is 24.5 Å². The number of rotatable bonds is 2. The Labute approximate surface area is 193 Å². The minimum Gasteiger partial charge on any atom is -0.324 e. The number of para-hydroxylation sites is 1. The lowest BCUT2D eigenvalue weighted by Gasteiger charge is -2.36. The molecule has 0 unspecified atom stereocenters. The SMILES string of the molecule is Cc1cccc2c1NC(=O)[C@]21[C@@H]2C(=O)N(c3ccc(Cl)c([N+](=O)[O-])c3)C(=O)[C@@H]2[C@@H]2CCCN21. The number of anilines is 2. The zero-order valence-electron chi connectivity index (χ0n) is 17.6. The standard InChI is InChI=1S/C23H19ClN4O5/c1-11-4-2-5-13-19(11)25-22(31)23(13)18-17(15-6-3-9-26(15)23)20(29)27(21(18)30)12-7-8-14(24)16(10-12)28(32)33/h2,4-5,7-8,10,15,17-18H,3,6,9H2,1H3,(H,25,31)/t15-,17+,18-,23+/m0/s1. The van der Waals surface area contributed by atoms with Crippen molar-refractivity contribution in [2.75, 3.05) is 16.8 Å². The molecule has 0 bridgehead atoms. The van der Waals surface area contributed by atoms with Crippen molar-refractivity contribution in [2.24, 2.45) is 11.8 Å². The fourth-order valence-electron chi connectivity index (χ4n) is 6.41. The largest absolute Gasteiger partial charge is 0.324 e. The maximum Gasteiger partial charge on any atom is 0.289 e. The first-order chi connectivity index (χ1) is 15.8. The summed E-state index contributed by atoms with van der Waals surface area (Å²) >= 11 is 5.94. The summed E-state index contributed by atoms with van der Waals surface area (Å²) in [6.07, 6.45) is 1.52. The van der Waals surface area contributed by atoms with Crippen LogP contribution in [0, 0.1) is 28.9 Å². The molecular formula is C23H19ClN4O5. The van der Waals surface area contributed by atoms with Gasteiger partial charge in [-0.1, -0.05) is 29.8 Å². The Bertz CT molecular complexity index is 1300. The van der Waals surface area contributed by atoms with Crippen LogP contribution >= 0.6 is 11.6 Å². The van der Waals surface area contributed by atoms with Crippen molar-refractivity contribution in [3.05, 3.63) is 62.7 Å². The molecule has 33 heavy (non-hydrogen) atoms. The molecule has 3 saturated heterocycles. The molecule has 2 aromatic rings. The van der Waals surface area contributed by atoms with E-state index in [2.05, 4.69) is 5.32 Å². The Morgan fingerprint density at radius 2 is 1.97 bits per heavy atom. The van der Waals surface area contributed by atoms with Crippen molar-refractivity contribution < 1.29 is 19.3 Å². The predicted octanol–water partition coefficient (Wildman–Crippen LogP) is 2.99. The molecule has 4 atom stereocenters. The van der Waals surface area contributed by atoms with Gasteiger partial charge in [-0.05, 0) is 44.0 Å². The van der Waals surface area contributed by atoms with Crippen molar-refractivity contribution >= 4 is 46.4 Å². The Balaban J connectivity index is 1.54. The first-order valence-electron chi connectivity index (χ1n) is 10.8. The number of halogens is 1. The highest BCUT2D eigenvalue weighted by Crippen LogP contribution is 2.61. The highest BCUT2D eigenvalue weighted by molar-refractivity contribution is 6.33. The third-order valence-electron chi connectivity index (χ3n) is 7.62. The fraction of sp³-hybridized carbons (Fsp3) is 0.348. The molecular weight excluding hydrogens is 448 g/mol. The van der Waals surface area contributed by atoms with E-state index >= 15 is 0 Å². The van der Waals surface area contributed by atoms with Gasteiger partial charge in [-0.15, -0.1) is 0 Å². The highest BCUT2D eigenvalue weighted by atomic mass is 35.5. The maximum absolute atomic E-state index is 13.9. The number of hydrogen-bond acceptors (Lipinski definition) is 6. The maximum atomic E-state index is 13.9. The molecule has 0 aromatic heterocycles. The summed E-state index contributed by atoms with van der Waals surface area (Å²) in [6.45, 7) is 2.51. The molecule has 6 rings (SSSR count). The third kappa shape index (κ3) is 2.33. The van der Waals surface area contributed by atoms with Gasteiger partial charge in [-0.2, -0.15) is 0 Å². The Morgan fingerprint density at radius 1 is 1.18 bits per heavy atom. The first kappa shape index (κ1) is 20.3. The minimum absolute atomic E-state index is 0.0824. The normalized spacial score (nSPS) is 30.1. The van der Waals surface area contributed by atoms with E-state index in [-0.39, 0.29) is 28.3 Å². The quantitative estimate of drug-likeness (QED) is 0.413. The van der Waals surface area contributed by atoms with Gasteiger partial charge in [0, 0.05) is 23.4 Å². The summed E-state index contributed by atoms with van der Waals surface area (Å²) in [5, 5.41) is 14.3. The second kappa shape index (κ2) is 6.61. The first-order valence-corrected chi connectivity index (χ1v) is 11.2. The summed E-state index contributed by atoms with van der Waals surface area (Å²) in [5.74, 6) is -2.85. The van der Waals surface area contributed by atoms with E-state index in [4.69, 9.17) is 11.6 Å². The van der Waals surface area contributed by atoms with Gasteiger partial charge in [0.25, 0.3) is 5.69 Å². The molecule has 0 radical (unpaired) electrons. The summed E-state index contributed by atoms with van der Waals surface area (Å²) in [4.78, 5) is 55.0. The molecule has 4 aliphatic rings. The van der Waals surface area contributed by atoms with Crippen molar-refractivity contribution in [3.8, 4) is 0 Å². The number of nitro benzene ring substituents is 1. The van der Waals surface area contributed by atoms with E-state index in [1.807, 2.05) is 30.0 Å². The smallest absolute Gasteiger partial charge is 0.289 e. The number of nitrogens with one attached hydrogen (secondary N) is 1. The molecule has 3 amide bonds. The molecule has 0 aliphatic carbocycles. The lowest BCUT2D eigenvalue weighted by molar-refractivity contribution is -0.384. The van der Waals surface area contributed by atoms with Crippen molar-refractivity contribution in [1.82, 2.24) is 4.90 Å². The molecule has 4 aliphatic heterocycles. The van der Waals surface area contributed by atoms with Crippen LogP contribution in [0.3, 0.4) is 0 Å².